The van der Waals surface area contributed by atoms with E-state index in [1.807, 2.05) is 18.2 Å². The van der Waals surface area contributed by atoms with Crippen LogP contribution in [0.1, 0.15) is 26.3 Å². The lowest BCUT2D eigenvalue weighted by Gasteiger charge is -2.35. The molecule has 0 radical (unpaired) electrons. The van der Waals surface area contributed by atoms with Gasteiger partial charge in [0.25, 0.3) is 11.8 Å². The van der Waals surface area contributed by atoms with E-state index < -0.39 is 0 Å². The van der Waals surface area contributed by atoms with Gasteiger partial charge in [-0.15, -0.1) is 0 Å². The van der Waals surface area contributed by atoms with Crippen molar-refractivity contribution in [3.63, 3.8) is 0 Å². The third-order valence-corrected chi connectivity index (χ3v) is 6.11. The van der Waals surface area contributed by atoms with Crippen LogP contribution in [-0.4, -0.2) is 60.0 Å². The molecule has 0 aromatic heterocycles. The van der Waals surface area contributed by atoms with Crippen LogP contribution in [0, 0.1) is 0 Å². The van der Waals surface area contributed by atoms with Crippen molar-refractivity contribution in [1.29, 1.82) is 0 Å². The van der Waals surface area contributed by atoms with Gasteiger partial charge in [-0.25, -0.2) is 0 Å². The molecule has 176 valence electrons. The quantitative estimate of drug-likeness (QED) is 0.571. The fraction of sp³-hybridized carbons (Fsp3) is 0.231. The van der Waals surface area contributed by atoms with E-state index in [0.29, 0.717) is 48.3 Å². The fourth-order valence-electron chi connectivity index (χ4n) is 3.81. The van der Waals surface area contributed by atoms with Crippen molar-refractivity contribution in [2.24, 2.45) is 0 Å². The van der Waals surface area contributed by atoms with Crippen LogP contribution in [0.3, 0.4) is 0 Å². The molecular weight excluding hydrogens is 456 g/mol. The summed E-state index contributed by atoms with van der Waals surface area (Å²) in [4.78, 5) is 29.1. The van der Waals surface area contributed by atoms with Crippen LogP contribution in [0.2, 0.25) is 5.02 Å². The zero-order valence-electron chi connectivity index (χ0n) is 18.7. The van der Waals surface area contributed by atoms with E-state index >= 15 is 0 Å². The number of methoxy groups -OCH3 is 1. The Kier molecular flexibility index (Phi) is 7.23. The van der Waals surface area contributed by atoms with Crippen LogP contribution in [0.5, 0.6) is 17.2 Å². The molecule has 0 bridgehead atoms. The molecule has 1 N–H and O–H groups in total. The van der Waals surface area contributed by atoms with Crippen LogP contribution in [0.4, 0.5) is 0 Å². The summed E-state index contributed by atoms with van der Waals surface area (Å²) >= 11 is 6.19. The van der Waals surface area contributed by atoms with Gasteiger partial charge >= 0.3 is 0 Å². The number of aromatic hydroxyl groups is 1. The first-order chi connectivity index (χ1) is 16.5. The number of phenolic OH excluding ortho intramolecular Hbond substituents is 1. The first-order valence-electron chi connectivity index (χ1n) is 10.9. The summed E-state index contributed by atoms with van der Waals surface area (Å²) in [5.74, 6) is 0.524. The number of carbonyl (C=O) groups excluding carboxylic acids is 2. The lowest BCUT2D eigenvalue weighted by Crippen LogP contribution is -2.50. The van der Waals surface area contributed by atoms with Crippen LogP contribution < -0.4 is 9.47 Å². The lowest BCUT2D eigenvalue weighted by atomic mass is 10.1. The molecule has 34 heavy (non-hydrogen) atoms. The van der Waals surface area contributed by atoms with E-state index in [4.69, 9.17) is 21.1 Å². The Hall–Kier alpha value is -3.71. The predicted octanol–water partition coefficient (Wildman–Crippen LogP) is 4.23. The lowest BCUT2D eigenvalue weighted by molar-refractivity contribution is 0.0533. The minimum atomic E-state index is -0.244. The third kappa shape index (κ3) is 5.10. The maximum atomic E-state index is 13.1. The summed E-state index contributed by atoms with van der Waals surface area (Å²) in [6.45, 7) is 1.83. The normalized spacial score (nSPS) is 13.5. The number of hydrogen-bond acceptors (Lipinski definition) is 5. The smallest absolute Gasteiger partial charge is 0.257 e. The third-order valence-electron chi connectivity index (χ3n) is 5.74. The molecule has 0 atom stereocenters. The number of benzene rings is 3. The number of halogens is 1. The maximum Gasteiger partial charge on any atom is 0.257 e. The number of nitrogens with zero attached hydrogens (tertiary/aromatic N) is 2. The van der Waals surface area contributed by atoms with Gasteiger partial charge in [-0.1, -0.05) is 41.9 Å². The molecule has 1 fully saturated rings. The van der Waals surface area contributed by atoms with Gasteiger partial charge in [-0.3, -0.25) is 9.59 Å². The Bertz CT molecular complexity index is 1190. The summed E-state index contributed by atoms with van der Waals surface area (Å²) < 4.78 is 11.3. The average molecular weight is 481 g/mol. The van der Waals surface area contributed by atoms with E-state index in [1.54, 1.807) is 52.3 Å². The van der Waals surface area contributed by atoms with Gasteiger partial charge in [-0.2, -0.15) is 0 Å². The minimum Gasteiger partial charge on any atom is -0.507 e. The van der Waals surface area contributed by atoms with E-state index in [2.05, 4.69) is 0 Å². The van der Waals surface area contributed by atoms with Gasteiger partial charge in [0.15, 0.2) is 11.5 Å². The molecule has 4 rings (SSSR count). The number of carbonyl (C=O) groups is 2. The number of ether oxygens (including phenoxy) is 2. The summed E-state index contributed by atoms with van der Waals surface area (Å²) in [5, 5.41) is 10.6. The predicted molar refractivity (Wildman–Crippen MR) is 129 cm³/mol. The Morgan fingerprint density at radius 3 is 2.21 bits per heavy atom. The largest absolute Gasteiger partial charge is 0.507 e. The molecule has 2 amide bonds. The Morgan fingerprint density at radius 1 is 0.882 bits per heavy atom. The van der Waals surface area contributed by atoms with Gasteiger partial charge in [-0.05, 0) is 36.4 Å². The highest BCUT2D eigenvalue weighted by atomic mass is 35.5. The van der Waals surface area contributed by atoms with E-state index in [1.165, 1.54) is 13.2 Å². The van der Waals surface area contributed by atoms with Crippen LogP contribution in [-0.2, 0) is 6.61 Å². The second-order valence-corrected chi connectivity index (χ2v) is 8.25. The Labute approximate surface area is 203 Å². The highest BCUT2D eigenvalue weighted by Crippen LogP contribution is 2.30. The van der Waals surface area contributed by atoms with Crippen molar-refractivity contribution in [3.8, 4) is 17.2 Å². The maximum absolute atomic E-state index is 13.1. The first-order valence-corrected chi connectivity index (χ1v) is 11.3. The molecule has 1 saturated heterocycles. The topological polar surface area (TPSA) is 79.3 Å². The summed E-state index contributed by atoms with van der Waals surface area (Å²) in [5.41, 5.74) is 1.59. The molecule has 0 unspecified atom stereocenters. The van der Waals surface area contributed by atoms with Crippen molar-refractivity contribution in [3.05, 3.63) is 88.4 Å². The van der Waals surface area contributed by atoms with Gasteiger partial charge in [0.1, 0.15) is 12.4 Å². The van der Waals surface area contributed by atoms with Crippen molar-refractivity contribution in [1.82, 2.24) is 9.80 Å². The molecule has 3 aromatic carbocycles. The van der Waals surface area contributed by atoms with Crippen molar-refractivity contribution >= 4 is 23.4 Å². The average Bonchev–Trinajstić information content (AvgIpc) is 2.87. The summed E-state index contributed by atoms with van der Waals surface area (Å²) in [7, 11) is 1.52. The molecule has 0 spiro atoms. The molecule has 1 aliphatic heterocycles. The highest BCUT2D eigenvalue weighted by molar-refractivity contribution is 6.31. The van der Waals surface area contributed by atoms with Gasteiger partial charge in [0.2, 0.25) is 0 Å². The number of hydrogen-bond donors (Lipinski definition) is 1. The van der Waals surface area contributed by atoms with Crippen LogP contribution in [0.25, 0.3) is 0 Å². The zero-order valence-corrected chi connectivity index (χ0v) is 19.5. The fourth-order valence-corrected chi connectivity index (χ4v) is 4.00. The number of amides is 2. The Balaban J connectivity index is 1.39. The molecule has 7 nitrogen and oxygen atoms in total. The van der Waals surface area contributed by atoms with E-state index in [-0.39, 0.29) is 29.7 Å². The van der Waals surface area contributed by atoms with E-state index in [0.717, 1.165) is 5.56 Å². The molecular formula is C26H25ClN2O5. The zero-order chi connectivity index (χ0) is 24.1. The highest BCUT2D eigenvalue weighted by Gasteiger charge is 2.27. The summed E-state index contributed by atoms with van der Waals surface area (Å²) in [6, 6.07) is 19.0. The molecule has 3 aromatic rings. The van der Waals surface area contributed by atoms with Crippen LogP contribution in [0.15, 0.2) is 66.7 Å². The van der Waals surface area contributed by atoms with Crippen LogP contribution >= 0.6 is 11.6 Å². The van der Waals surface area contributed by atoms with Gasteiger partial charge in [0, 0.05) is 42.3 Å². The number of para-hydroxylation sites is 1. The molecule has 0 saturated carbocycles. The van der Waals surface area contributed by atoms with Crippen molar-refractivity contribution in [2.45, 2.75) is 6.61 Å². The van der Waals surface area contributed by atoms with Gasteiger partial charge < -0.3 is 24.4 Å². The number of piperazine rings is 1. The number of rotatable bonds is 6. The molecule has 8 heteroatoms. The second kappa shape index (κ2) is 10.5. The molecule has 0 aliphatic carbocycles. The monoisotopic (exact) mass is 480 g/mol. The summed E-state index contributed by atoms with van der Waals surface area (Å²) in [6.07, 6.45) is 0. The van der Waals surface area contributed by atoms with Crippen molar-refractivity contribution < 1.29 is 24.2 Å². The molecule has 1 heterocycles. The minimum absolute atomic E-state index is 0.0463. The van der Waals surface area contributed by atoms with Crippen molar-refractivity contribution in [2.75, 3.05) is 33.3 Å². The molecule has 1 aliphatic rings. The van der Waals surface area contributed by atoms with E-state index in [9.17, 15) is 14.7 Å². The number of phenols is 1. The van der Waals surface area contributed by atoms with Gasteiger partial charge in [0.05, 0.1) is 12.7 Å². The SMILES string of the molecule is COc1cc(C(=O)N2CCN(C(=O)c3ccccc3O)CC2)ccc1OCc1ccccc1Cl. The first kappa shape index (κ1) is 23.4. The second-order valence-electron chi connectivity index (χ2n) is 7.85. The standard InChI is InChI=1S/C26H25ClN2O5/c1-33-24-16-18(10-11-23(24)34-17-19-6-2-4-8-21(19)27)25(31)28-12-14-29(15-13-28)26(32)20-7-3-5-9-22(20)30/h2-11,16,30H,12-15,17H2,1H3. The Morgan fingerprint density at radius 2 is 1.53 bits per heavy atom.